The minimum absolute atomic E-state index is 0.00219. The molecule has 5 aliphatic carbocycles. The van der Waals surface area contributed by atoms with Gasteiger partial charge in [0, 0.05) is 29.1 Å². The second kappa shape index (κ2) is 9.97. The van der Waals surface area contributed by atoms with Crippen LogP contribution in [-0.4, -0.2) is 35.7 Å². The van der Waals surface area contributed by atoms with Gasteiger partial charge in [0.05, 0.1) is 7.11 Å². The molecule has 4 saturated carbocycles. The summed E-state index contributed by atoms with van der Waals surface area (Å²) in [5.74, 6) is 1.65. The number of carbonyl (C=O) groups is 2. The predicted octanol–water partition coefficient (Wildman–Crippen LogP) is 6.09. The molecule has 5 aliphatic rings. The van der Waals surface area contributed by atoms with Crippen molar-refractivity contribution in [2.45, 2.75) is 95.8 Å². The number of aromatic nitrogens is 2. The number of hydrogen-bond acceptors (Lipinski definition) is 6. The molecular formula is C31H39N3O4. The second-order valence-electron chi connectivity index (χ2n) is 12.2. The largest absolute Gasteiger partial charge is 0.466 e. The summed E-state index contributed by atoms with van der Waals surface area (Å²) in [6.07, 6.45) is 15.2. The van der Waals surface area contributed by atoms with Crippen molar-refractivity contribution in [3.8, 4) is 0 Å². The molecule has 0 radical (unpaired) electrons. The molecule has 0 unspecified atom stereocenters. The van der Waals surface area contributed by atoms with Crippen molar-refractivity contribution in [2.75, 3.05) is 18.6 Å². The van der Waals surface area contributed by atoms with Crippen LogP contribution in [-0.2, 0) is 26.2 Å². The van der Waals surface area contributed by atoms with Crippen LogP contribution in [0.4, 0.5) is 5.69 Å². The fraction of sp³-hybridized carbons (Fsp3) is 0.613. The van der Waals surface area contributed by atoms with Crippen molar-refractivity contribution in [1.82, 2.24) is 10.1 Å². The highest BCUT2D eigenvalue weighted by molar-refractivity contribution is 5.98. The van der Waals surface area contributed by atoms with E-state index in [-0.39, 0.29) is 22.7 Å². The van der Waals surface area contributed by atoms with Gasteiger partial charge in [0.1, 0.15) is 0 Å². The zero-order valence-electron chi connectivity index (χ0n) is 22.8. The number of aryl methyl sites for hydroxylation is 1. The van der Waals surface area contributed by atoms with Crippen LogP contribution < -0.4 is 4.90 Å². The van der Waals surface area contributed by atoms with Gasteiger partial charge in [-0.2, -0.15) is 4.98 Å². The van der Waals surface area contributed by atoms with E-state index in [1.807, 2.05) is 19.1 Å². The molecule has 1 aromatic carbocycles. The summed E-state index contributed by atoms with van der Waals surface area (Å²) in [6.45, 7) is 2.66. The van der Waals surface area contributed by atoms with Gasteiger partial charge >= 0.3 is 5.97 Å². The lowest BCUT2D eigenvalue weighted by Gasteiger charge is -2.53. The average Bonchev–Trinajstić information content (AvgIpc) is 3.43. The van der Waals surface area contributed by atoms with Gasteiger partial charge in [0.2, 0.25) is 11.8 Å². The molecule has 1 amide bonds. The number of anilines is 1. The van der Waals surface area contributed by atoms with E-state index in [1.54, 1.807) is 0 Å². The molecule has 0 saturated heterocycles. The molecule has 4 fully saturated rings. The van der Waals surface area contributed by atoms with Crippen LogP contribution in [0.15, 0.2) is 28.3 Å². The maximum absolute atomic E-state index is 14.2. The first-order valence-corrected chi connectivity index (χ1v) is 14.5. The number of amides is 1. The highest BCUT2D eigenvalue weighted by atomic mass is 16.5. The van der Waals surface area contributed by atoms with Gasteiger partial charge in [-0.3, -0.25) is 4.79 Å². The Kier molecular flexibility index (Phi) is 6.65. The molecule has 1 heterocycles. The van der Waals surface area contributed by atoms with Crippen LogP contribution in [0, 0.1) is 18.3 Å². The number of methoxy groups -OCH3 is 1. The molecule has 0 spiro atoms. The minimum atomic E-state index is -0.264. The van der Waals surface area contributed by atoms with Crippen molar-refractivity contribution in [2.24, 2.45) is 11.3 Å². The van der Waals surface area contributed by atoms with Crippen molar-refractivity contribution < 1.29 is 18.8 Å². The highest BCUT2D eigenvalue weighted by Gasteiger charge is 2.53. The number of rotatable bonds is 6. The first kappa shape index (κ1) is 25.3. The molecule has 0 atom stereocenters. The van der Waals surface area contributed by atoms with Gasteiger partial charge < -0.3 is 14.2 Å². The second-order valence-corrected chi connectivity index (χ2v) is 12.2. The lowest BCUT2D eigenvalue weighted by atomic mass is 9.53. The van der Waals surface area contributed by atoms with E-state index in [9.17, 15) is 9.59 Å². The Hall–Kier alpha value is -2.96. The van der Waals surface area contributed by atoms with Crippen LogP contribution in [0.3, 0.4) is 0 Å². The van der Waals surface area contributed by atoms with Crippen molar-refractivity contribution in [1.29, 1.82) is 0 Å². The maximum Gasteiger partial charge on any atom is 0.333 e. The molecule has 38 heavy (non-hydrogen) atoms. The summed E-state index contributed by atoms with van der Waals surface area (Å²) in [7, 11) is 1.43. The molecule has 7 nitrogen and oxygen atoms in total. The number of carbonyl (C=O) groups excluding carboxylic acids is 2. The molecule has 7 rings (SSSR count). The van der Waals surface area contributed by atoms with Crippen molar-refractivity contribution in [3.63, 3.8) is 0 Å². The molecule has 7 heteroatoms. The van der Waals surface area contributed by atoms with Crippen LogP contribution in [0.5, 0.6) is 0 Å². The minimum Gasteiger partial charge on any atom is -0.466 e. The Morgan fingerprint density at radius 3 is 2.45 bits per heavy atom. The van der Waals surface area contributed by atoms with Crippen LogP contribution in [0.25, 0.3) is 6.08 Å². The summed E-state index contributed by atoms with van der Waals surface area (Å²) < 4.78 is 10.6. The van der Waals surface area contributed by atoms with E-state index < -0.39 is 0 Å². The van der Waals surface area contributed by atoms with Gasteiger partial charge in [-0.1, -0.05) is 36.6 Å². The first-order chi connectivity index (χ1) is 18.4. The predicted molar refractivity (Wildman–Crippen MR) is 145 cm³/mol. The number of nitrogens with zero attached hydrogens (tertiary/aromatic N) is 3. The molecule has 0 N–H and O–H groups in total. The normalized spacial score (nSPS) is 26.9. The fourth-order valence-electron chi connectivity index (χ4n) is 7.59. The Morgan fingerprint density at radius 1 is 1.05 bits per heavy atom. The number of hydrogen-bond donors (Lipinski definition) is 0. The van der Waals surface area contributed by atoms with Crippen LogP contribution in [0.1, 0.15) is 99.9 Å². The average molecular weight is 518 g/mol. The van der Waals surface area contributed by atoms with Crippen molar-refractivity contribution in [3.05, 3.63) is 46.6 Å². The van der Waals surface area contributed by atoms with Gasteiger partial charge in [-0.15, -0.1) is 0 Å². The summed E-state index contributed by atoms with van der Waals surface area (Å²) in [4.78, 5) is 33.2. The van der Waals surface area contributed by atoms with E-state index in [1.165, 1.54) is 19.1 Å². The van der Waals surface area contributed by atoms with Gasteiger partial charge in [0.15, 0.2) is 5.82 Å². The smallest absolute Gasteiger partial charge is 0.333 e. The molecular weight excluding hydrogens is 478 g/mol. The monoisotopic (exact) mass is 517 g/mol. The molecule has 202 valence electrons. The lowest BCUT2D eigenvalue weighted by molar-refractivity contribution is -0.136. The zero-order chi connectivity index (χ0) is 26.3. The molecule has 1 aromatic heterocycles. The Morgan fingerprint density at radius 2 is 1.79 bits per heavy atom. The van der Waals surface area contributed by atoms with E-state index >= 15 is 0 Å². The van der Waals surface area contributed by atoms with E-state index in [4.69, 9.17) is 9.26 Å². The molecule has 2 aromatic rings. The van der Waals surface area contributed by atoms with Crippen molar-refractivity contribution >= 4 is 23.6 Å². The molecule has 2 bridgehead atoms. The third-order valence-corrected chi connectivity index (χ3v) is 10.00. The van der Waals surface area contributed by atoms with Crippen LogP contribution >= 0.6 is 0 Å². The Labute approximate surface area is 225 Å². The van der Waals surface area contributed by atoms with E-state index in [2.05, 4.69) is 27.2 Å². The van der Waals surface area contributed by atoms with Gasteiger partial charge in [0.25, 0.3) is 0 Å². The SMILES string of the molecule is COC(=O)C1=Cc2cccc(N(CC34CCC(c5nc(C)no5)(CC3)CC4)C(=O)C3CCCCC3)c2CC1. The third-order valence-electron chi connectivity index (χ3n) is 10.00. The maximum atomic E-state index is 14.2. The summed E-state index contributed by atoms with van der Waals surface area (Å²) in [5.41, 5.74) is 4.08. The summed E-state index contributed by atoms with van der Waals surface area (Å²) in [6, 6.07) is 6.23. The number of fused-ring (bicyclic) bond motifs is 4. The van der Waals surface area contributed by atoms with E-state index in [0.717, 1.165) is 94.3 Å². The van der Waals surface area contributed by atoms with Gasteiger partial charge in [-0.05, 0) is 99.8 Å². The quantitative estimate of drug-likeness (QED) is 0.431. The lowest BCUT2D eigenvalue weighted by Crippen LogP contribution is -2.52. The molecule has 0 aliphatic heterocycles. The number of esters is 1. The number of benzene rings is 1. The standard InChI is InChI=1S/C31H39N3O4/c1-21-32-29(38-33-21)31-16-13-30(14-17-31,15-18-31)20-34(27(35)22-7-4-3-5-8-22)26-10-6-9-23-19-24(28(36)37-2)11-12-25(23)26/h6,9-10,19,22H,3-5,7-8,11-18,20H2,1-2H3. The third kappa shape index (κ3) is 4.48. The highest BCUT2D eigenvalue weighted by Crippen LogP contribution is 2.58. The fourth-order valence-corrected chi connectivity index (χ4v) is 7.59. The van der Waals surface area contributed by atoms with Gasteiger partial charge in [-0.25, -0.2) is 4.79 Å². The topological polar surface area (TPSA) is 85.5 Å². The summed E-state index contributed by atoms with van der Waals surface area (Å²) >= 11 is 0. The van der Waals surface area contributed by atoms with E-state index in [0.29, 0.717) is 23.7 Å². The zero-order valence-corrected chi connectivity index (χ0v) is 22.8. The summed E-state index contributed by atoms with van der Waals surface area (Å²) in [5, 5.41) is 4.07. The Bertz CT molecular complexity index is 1230. The van der Waals surface area contributed by atoms with Crippen LogP contribution in [0.2, 0.25) is 0 Å². The Balaban J connectivity index is 1.31. The number of ether oxygens (including phenoxy) is 1. The first-order valence-electron chi connectivity index (χ1n) is 14.5.